The maximum absolute atomic E-state index is 12.5. The van der Waals surface area contributed by atoms with E-state index in [0.717, 1.165) is 30.7 Å². The number of alkyl halides is 1. The molecule has 0 bridgehead atoms. The summed E-state index contributed by atoms with van der Waals surface area (Å²) in [7, 11) is -3.35. The lowest BCUT2D eigenvalue weighted by molar-refractivity contribution is 0.369. The molecule has 1 aromatic heterocycles. The van der Waals surface area contributed by atoms with Crippen molar-refractivity contribution in [2.75, 3.05) is 12.4 Å². The Balaban J connectivity index is 2.18. The van der Waals surface area contributed by atoms with Crippen molar-refractivity contribution < 1.29 is 8.42 Å². The Morgan fingerprint density at radius 1 is 1.61 bits per heavy atom. The van der Waals surface area contributed by atoms with Gasteiger partial charge >= 0.3 is 0 Å². The molecule has 0 amide bonds. The van der Waals surface area contributed by atoms with E-state index in [1.54, 1.807) is 4.31 Å². The fourth-order valence-corrected chi connectivity index (χ4v) is 5.42. The molecule has 7 heteroatoms. The van der Waals surface area contributed by atoms with Crippen molar-refractivity contribution in [2.24, 2.45) is 0 Å². The highest BCUT2D eigenvalue weighted by molar-refractivity contribution is 7.91. The van der Waals surface area contributed by atoms with E-state index in [1.807, 2.05) is 6.92 Å². The van der Waals surface area contributed by atoms with E-state index >= 15 is 0 Å². The third-order valence-electron chi connectivity index (χ3n) is 3.16. The second-order valence-electron chi connectivity index (χ2n) is 4.44. The van der Waals surface area contributed by atoms with Crippen LogP contribution in [0.4, 0.5) is 0 Å². The average Bonchev–Trinajstić information content (AvgIpc) is 2.95. The molecule has 2 heterocycles. The van der Waals surface area contributed by atoms with Gasteiger partial charge in [0, 0.05) is 18.5 Å². The minimum Gasteiger partial charge on any atom is -0.249 e. The summed E-state index contributed by atoms with van der Waals surface area (Å²) >= 11 is 6.93. The Bertz CT molecular complexity index is 501. The smallest absolute Gasteiger partial charge is 0.249 e. The van der Waals surface area contributed by atoms with Crippen LogP contribution in [-0.4, -0.2) is 36.2 Å². The Morgan fingerprint density at radius 3 is 3.00 bits per heavy atom. The van der Waals surface area contributed by atoms with Crippen molar-refractivity contribution in [1.82, 2.24) is 9.29 Å². The van der Waals surface area contributed by atoms with Crippen molar-refractivity contribution in [3.63, 3.8) is 0 Å². The first-order valence-electron chi connectivity index (χ1n) is 6.06. The van der Waals surface area contributed by atoms with Gasteiger partial charge in [-0.15, -0.1) is 22.9 Å². The molecule has 0 radical (unpaired) electrons. The zero-order valence-corrected chi connectivity index (χ0v) is 12.7. The van der Waals surface area contributed by atoms with Gasteiger partial charge in [0.05, 0.1) is 11.2 Å². The van der Waals surface area contributed by atoms with Crippen LogP contribution in [0.5, 0.6) is 0 Å². The first-order valence-corrected chi connectivity index (χ1v) is 8.85. The Morgan fingerprint density at radius 2 is 2.39 bits per heavy atom. The molecular weight excluding hydrogens is 292 g/mol. The van der Waals surface area contributed by atoms with Crippen LogP contribution in [0, 0.1) is 6.92 Å². The largest absolute Gasteiger partial charge is 0.254 e. The summed E-state index contributed by atoms with van der Waals surface area (Å²) in [5.41, 5.74) is 0. The van der Waals surface area contributed by atoms with Gasteiger partial charge in [-0.25, -0.2) is 13.4 Å². The van der Waals surface area contributed by atoms with Crippen LogP contribution in [0.3, 0.4) is 0 Å². The van der Waals surface area contributed by atoms with Crippen LogP contribution in [-0.2, 0) is 10.0 Å². The number of aryl methyl sites for hydroxylation is 1. The highest BCUT2D eigenvalue weighted by Gasteiger charge is 2.35. The standard InChI is InChI=1S/C11H17ClN2O2S2/c1-9-13-8-11(17-9)18(15,16)14-7-3-5-10(14)4-2-6-12/h8,10H,2-7H2,1H3. The van der Waals surface area contributed by atoms with Crippen molar-refractivity contribution in [2.45, 2.75) is 42.9 Å². The van der Waals surface area contributed by atoms with Gasteiger partial charge in [0.25, 0.3) is 10.0 Å². The van der Waals surface area contributed by atoms with Crippen LogP contribution in [0.2, 0.25) is 0 Å². The zero-order chi connectivity index (χ0) is 13.2. The van der Waals surface area contributed by atoms with Gasteiger partial charge in [-0.1, -0.05) is 0 Å². The van der Waals surface area contributed by atoms with Gasteiger partial charge in [-0.2, -0.15) is 4.31 Å². The fourth-order valence-electron chi connectivity index (χ4n) is 2.30. The van der Waals surface area contributed by atoms with E-state index in [4.69, 9.17) is 11.6 Å². The molecule has 4 nitrogen and oxygen atoms in total. The summed E-state index contributed by atoms with van der Waals surface area (Å²) in [4.78, 5) is 4.03. The van der Waals surface area contributed by atoms with Crippen LogP contribution < -0.4 is 0 Å². The first kappa shape index (κ1) is 14.2. The van der Waals surface area contributed by atoms with E-state index in [2.05, 4.69) is 4.98 Å². The molecule has 18 heavy (non-hydrogen) atoms. The van der Waals surface area contributed by atoms with Crippen LogP contribution in [0.25, 0.3) is 0 Å². The Labute approximate surface area is 117 Å². The van der Waals surface area contributed by atoms with Crippen molar-refractivity contribution in [1.29, 1.82) is 0 Å². The molecule has 0 aromatic carbocycles. The molecule has 102 valence electrons. The van der Waals surface area contributed by atoms with Crippen LogP contribution >= 0.6 is 22.9 Å². The maximum atomic E-state index is 12.5. The fraction of sp³-hybridized carbons (Fsp3) is 0.727. The summed E-state index contributed by atoms with van der Waals surface area (Å²) < 4.78 is 27.0. The summed E-state index contributed by atoms with van der Waals surface area (Å²) in [5, 5.41) is 0.782. The number of hydrogen-bond acceptors (Lipinski definition) is 4. The van der Waals surface area contributed by atoms with E-state index < -0.39 is 10.0 Å². The molecule has 1 aromatic rings. The number of hydrogen-bond donors (Lipinski definition) is 0. The van der Waals surface area contributed by atoms with Crippen LogP contribution in [0.15, 0.2) is 10.4 Å². The van der Waals surface area contributed by atoms with Gasteiger partial charge < -0.3 is 0 Å². The first-order chi connectivity index (χ1) is 8.55. The quantitative estimate of drug-likeness (QED) is 0.786. The minimum absolute atomic E-state index is 0.108. The predicted molar refractivity (Wildman–Crippen MR) is 73.7 cm³/mol. The van der Waals surface area contributed by atoms with E-state index in [1.165, 1.54) is 17.5 Å². The molecule has 1 aliphatic heterocycles. The highest BCUT2D eigenvalue weighted by Crippen LogP contribution is 2.30. The summed E-state index contributed by atoms with van der Waals surface area (Å²) in [6, 6.07) is 0.108. The van der Waals surface area contributed by atoms with Gasteiger partial charge in [0.2, 0.25) is 0 Å². The number of aromatic nitrogens is 1. The lowest BCUT2D eigenvalue weighted by atomic mass is 10.1. The highest BCUT2D eigenvalue weighted by atomic mass is 35.5. The third-order valence-corrected chi connectivity index (χ3v) is 6.73. The Kier molecular flexibility index (Phi) is 4.64. The molecule has 1 unspecified atom stereocenters. The van der Waals surface area contributed by atoms with Crippen molar-refractivity contribution >= 4 is 33.0 Å². The van der Waals surface area contributed by atoms with E-state index in [-0.39, 0.29) is 6.04 Å². The summed E-state index contributed by atoms with van der Waals surface area (Å²) in [5.74, 6) is 0.587. The molecule has 0 N–H and O–H groups in total. The third kappa shape index (κ3) is 2.87. The molecule has 0 saturated carbocycles. The second kappa shape index (κ2) is 5.86. The minimum atomic E-state index is -3.35. The molecule has 2 rings (SSSR count). The van der Waals surface area contributed by atoms with Crippen molar-refractivity contribution in [3.8, 4) is 0 Å². The zero-order valence-electron chi connectivity index (χ0n) is 10.3. The summed E-state index contributed by atoms with van der Waals surface area (Å²) in [6.45, 7) is 2.44. The van der Waals surface area contributed by atoms with E-state index in [0.29, 0.717) is 16.6 Å². The molecule has 0 spiro atoms. The number of sulfonamides is 1. The Hall–Kier alpha value is -0.170. The predicted octanol–water partition coefficient (Wildman–Crippen LogP) is 2.62. The van der Waals surface area contributed by atoms with Crippen LogP contribution in [0.1, 0.15) is 30.7 Å². The molecule has 1 fully saturated rings. The SMILES string of the molecule is Cc1ncc(S(=O)(=O)N2CCCC2CCCCl)s1. The number of rotatable bonds is 5. The van der Waals surface area contributed by atoms with Gasteiger partial charge in [0.15, 0.2) is 4.21 Å². The molecule has 1 aliphatic rings. The normalized spacial score (nSPS) is 21.6. The molecule has 0 aliphatic carbocycles. The van der Waals surface area contributed by atoms with Gasteiger partial charge in [-0.05, 0) is 32.6 Å². The number of nitrogens with zero attached hydrogens (tertiary/aromatic N) is 2. The molecular formula is C11H17ClN2O2S2. The summed E-state index contributed by atoms with van der Waals surface area (Å²) in [6.07, 6.45) is 5.05. The average molecular weight is 309 g/mol. The maximum Gasteiger partial charge on any atom is 0.254 e. The number of halogens is 1. The van der Waals surface area contributed by atoms with Gasteiger partial charge in [0.1, 0.15) is 0 Å². The van der Waals surface area contributed by atoms with E-state index in [9.17, 15) is 8.42 Å². The topological polar surface area (TPSA) is 50.3 Å². The number of thiazole rings is 1. The molecule has 1 atom stereocenters. The monoisotopic (exact) mass is 308 g/mol. The van der Waals surface area contributed by atoms with Crippen molar-refractivity contribution in [3.05, 3.63) is 11.2 Å². The molecule has 1 saturated heterocycles. The second-order valence-corrected chi connectivity index (χ2v) is 8.17. The lowest BCUT2D eigenvalue weighted by Gasteiger charge is -2.22. The lowest BCUT2D eigenvalue weighted by Crippen LogP contribution is -2.35. The van der Waals surface area contributed by atoms with Gasteiger partial charge in [-0.3, -0.25) is 0 Å².